The van der Waals surface area contributed by atoms with Gasteiger partial charge in [0.25, 0.3) is 5.56 Å². The van der Waals surface area contributed by atoms with Crippen LogP contribution in [0.1, 0.15) is 11.5 Å². The number of benzene rings is 3. The van der Waals surface area contributed by atoms with Crippen LogP contribution in [0.3, 0.4) is 0 Å². The second-order valence-electron chi connectivity index (χ2n) is 8.62. The zero-order valence-electron chi connectivity index (χ0n) is 19.7. The van der Waals surface area contributed by atoms with Gasteiger partial charge in [-0.3, -0.25) is 14.2 Å². The van der Waals surface area contributed by atoms with Crippen molar-refractivity contribution in [2.75, 3.05) is 0 Å². The van der Waals surface area contributed by atoms with E-state index < -0.39 is 0 Å². The van der Waals surface area contributed by atoms with Gasteiger partial charge in [0.2, 0.25) is 17.6 Å². The lowest BCUT2D eigenvalue weighted by molar-refractivity contribution is -0.121. The molecule has 0 bridgehead atoms. The minimum absolute atomic E-state index is 0.0174. The average molecular weight is 491 g/mol. The first kappa shape index (κ1) is 22.4. The molecule has 0 aliphatic rings. The molecule has 3 aromatic heterocycles. The Morgan fingerprint density at radius 1 is 0.919 bits per heavy atom. The third kappa shape index (κ3) is 4.38. The Morgan fingerprint density at radius 2 is 1.65 bits per heavy atom. The van der Waals surface area contributed by atoms with Crippen molar-refractivity contribution >= 4 is 27.8 Å². The Balaban J connectivity index is 1.33. The van der Waals surface area contributed by atoms with Crippen molar-refractivity contribution in [2.24, 2.45) is 0 Å². The van der Waals surface area contributed by atoms with Crippen LogP contribution >= 0.6 is 0 Å². The summed E-state index contributed by atoms with van der Waals surface area (Å²) in [6.07, 6.45) is 1.48. The van der Waals surface area contributed by atoms with Crippen molar-refractivity contribution in [3.63, 3.8) is 0 Å². The molecule has 9 heteroatoms. The minimum Gasteiger partial charge on any atom is -0.350 e. The summed E-state index contributed by atoms with van der Waals surface area (Å²) in [5.74, 6) is 0.526. The van der Waals surface area contributed by atoms with E-state index in [9.17, 15) is 9.59 Å². The number of para-hydroxylation sites is 1. The largest absolute Gasteiger partial charge is 0.350 e. The van der Waals surface area contributed by atoms with Crippen LogP contribution in [-0.4, -0.2) is 30.2 Å². The fraction of sp³-hybridized carbons (Fsp3) is 0.107. The molecular formula is C28H22N6O3. The van der Waals surface area contributed by atoms with Crippen molar-refractivity contribution in [1.82, 2.24) is 29.6 Å². The number of nitrogens with zero attached hydrogens (tertiary/aromatic N) is 5. The first-order valence-corrected chi connectivity index (χ1v) is 11.8. The number of carbonyl (C=O) groups is 1. The van der Waals surface area contributed by atoms with E-state index in [0.29, 0.717) is 23.4 Å². The minimum atomic E-state index is -0.295. The lowest BCUT2D eigenvalue weighted by Gasteiger charge is -2.09. The molecule has 0 saturated carbocycles. The molecule has 37 heavy (non-hydrogen) atoms. The summed E-state index contributed by atoms with van der Waals surface area (Å²) < 4.78 is 8.54. The van der Waals surface area contributed by atoms with Gasteiger partial charge >= 0.3 is 0 Å². The summed E-state index contributed by atoms with van der Waals surface area (Å²) in [4.78, 5) is 35.5. The summed E-state index contributed by atoms with van der Waals surface area (Å²) in [6, 6.07) is 26.7. The molecule has 6 rings (SSSR count). The number of nitrogens with one attached hydrogen (secondary N) is 1. The second kappa shape index (κ2) is 9.54. The highest BCUT2D eigenvalue weighted by atomic mass is 16.5. The van der Waals surface area contributed by atoms with Crippen molar-refractivity contribution in [2.45, 2.75) is 19.6 Å². The highest BCUT2D eigenvalue weighted by Crippen LogP contribution is 2.25. The molecule has 3 heterocycles. The fourth-order valence-electron chi connectivity index (χ4n) is 4.39. The van der Waals surface area contributed by atoms with E-state index >= 15 is 0 Å². The molecule has 0 saturated heterocycles. The van der Waals surface area contributed by atoms with Crippen LogP contribution in [0.4, 0.5) is 0 Å². The van der Waals surface area contributed by atoms with E-state index in [1.165, 1.54) is 10.9 Å². The Labute approximate surface area is 211 Å². The number of amides is 1. The summed E-state index contributed by atoms with van der Waals surface area (Å²) in [5.41, 5.74) is 3.18. The average Bonchev–Trinajstić information content (AvgIpc) is 3.54. The Bertz CT molecular complexity index is 1770. The Morgan fingerprint density at radius 3 is 2.46 bits per heavy atom. The number of rotatable bonds is 7. The molecule has 3 aromatic carbocycles. The van der Waals surface area contributed by atoms with E-state index in [0.717, 1.165) is 22.0 Å². The van der Waals surface area contributed by atoms with Gasteiger partial charge in [0.15, 0.2) is 0 Å². The topological polar surface area (TPSA) is 108 Å². The van der Waals surface area contributed by atoms with Crippen LogP contribution in [0.5, 0.6) is 0 Å². The van der Waals surface area contributed by atoms with Gasteiger partial charge in [-0.1, -0.05) is 84.0 Å². The highest BCUT2D eigenvalue weighted by molar-refractivity contribution is 6.06. The quantitative estimate of drug-likeness (QED) is 0.365. The molecule has 182 valence electrons. The molecule has 0 spiro atoms. The van der Waals surface area contributed by atoms with Gasteiger partial charge in [0.05, 0.1) is 11.8 Å². The smallest absolute Gasteiger partial charge is 0.278 e. The van der Waals surface area contributed by atoms with Crippen LogP contribution < -0.4 is 10.9 Å². The molecular weight excluding hydrogens is 468 g/mol. The first-order chi connectivity index (χ1) is 18.2. The van der Waals surface area contributed by atoms with Gasteiger partial charge in [0.1, 0.15) is 24.1 Å². The number of hydrogen-bond donors (Lipinski definition) is 1. The predicted octanol–water partition coefficient (Wildman–Crippen LogP) is 3.77. The third-order valence-electron chi connectivity index (χ3n) is 6.17. The molecule has 0 aliphatic heterocycles. The van der Waals surface area contributed by atoms with Gasteiger partial charge in [-0.2, -0.15) is 4.98 Å². The zero-order valence-corrected chi connectivity index (χ0v) is 19.7. The van der Waals surface area contributed by atoms with E-state index in [-0.39, 0.29) is 30.4 Å². The number of carbonyl (C=O) groups excluding carboxylic acids is 1. The maximum atomic E-state index is 13.6. The standard InChI is InChI=1S/C28H22N6O3/c35-23(29-15-19-9-3-1-4-10-19)16-34-22-14-8-7-13-21(22)25-26(34)28(36)33(18-30-25)17-24-31-27(32-37-24)20-11-5-2-6-12-20/h1-14,18H,15-17H2,(H,29,35). The van der Waals surface area contributed by atoms with E-state index in [4.69, 9.17) is 4.52 Å². The Hall–Kier alpha value is -5.05. The van der Waals surface area contributed by atoms with Crippen molar-refractivity contribution in [3.8, 4) is 11.4 Å². The van der Waals surface area contributed by atoms with Crippen LogP contribution in [0.15, 0.2) is 101 Å². The number of fused-ring (bicyclic) bond motifs is 3. The van der Waals surface area contributed by atoms with Crippen LogP contribution in [0, 0.1) is 0 Å². The molecule has 6 aromatic rings. The summed E-state index contributed by atoms with van der Waals surface area (Å²) >= 11 is 0. The van der Waals surface area contributed by atoms with E-state index in [2.05, 4.69) is 20.4 Å². The van der Waals surface area contributed by atoms with Crippen molar-refractivity contribution < 1.29 is 9.32 Å². The summed E-state index contributed by atoms with van der Waals surface area (Å²) in [5, 5.41) is 7.78. The summed E-state index contributed by atoms with van der Waals surface area (Å²) in [6.45, 7) is 0.444. The van der Waals surface area contributed by atoms with E-state index in [1.807, 2.05) is 84.9 Å². The lowest BCUT2D eigenvalue weighted by Crippen LogP contribution is -2.29. The monoisotopic (exact) mass is 490 g/mol. The maximum Gasteiger partial charge on any atom is 0.278 e. The SMILES string of the molecule is O=C(Cn1c2ccccc2c2ncn(Cc3nc(-c4ccccc4)no3)c(=O)c21)NCc1ccccc1. The van der Waals surface area contributed by atoms with Crippen molar-refractivity contribution in [3.05, 3.63) is 113 Å². The normalized spacial score (nSPS) is 11.2. The third-order valence-corrected chi connectivity index (χ3v) is 6.17. The van der Waals surface area contributed by atoms with Gasteiger partial charge < -0.3 is 14.4 Å². The van der Waals surface area contributed by atoms with Gasteiger partial charge in [0, 0.05) is 17.5 Å². The Kier molecular flexibility index (Phi) is 5.78. The molecule has 9 nitrogen and oxygen atoms in total. The molecule has 0 aliphatic carbocycles. The van der Waals surface area contributed by atoms with Gasteiger partial charge in [-0.15, -0.1) is 0 Å². The van der Waals surface area contributed by atoms with Crippen molar-refractivity contribution in [1.29, 1.82) is 0 Å². The fourth-order valence-corrected chi connectivity index (χ4v) is 4.39. The molecule has 0 fully saturated rings. The number of hydrogen-bond acceptors (Lipinski definition) is 6. The summed E-state index contributed by atoms with van der Waals surface area (Å²) in [7, 11) is 0. The van der Waals surface area contributed by atoms with Gasteiger partial charge in [-0.05, 0) is 11.6 Å². The molecule has 0 radical (unpaired) electrons. The molecule has 0 unspecified atom stereocenters. The first-order valence-electron chi connectivity index (χ1n) is 11.8. The predicted molar refractivity (Wildman–Crippen MR) is 139 cm³/mol. The number of aromatic nitrogens is 5. The van der Waals surface area contributed by atoms with E-state index in [1.54, 1.807) is 4.57 Å². The van der Waals surface area contributed by atoms with Crippen LogP contribution in [0.25, 0.3) is 33.3 Å². The molecule has 0 atom stereocenters. The maximum absolute atomic E-state index is 13.6. The highest BCUT2D eigenvalue weighted by Gasteiger charge is 2.19. The van der Waals surface area contributed by atoms with Crippen LogP contribution in [-0.2, 0) is 24.4 Å². The second-order valence-corrected chi connectivity index (χ2v) is 8.62. The zero-order chi connectivity index (χ0) is 25.2. The molecule has 1 N–H and O–H groups in total. The lowest BCUT2D eigenvalue weighted by atomic mass is 10.2. The van der Waals surface area contributed by atoms with Crippen LogP contribution in [0.2, 0.25) is 0 Å². The molecule has 1 amide bonds. The van der Waals surface area contributed by atoms with Gasteiger partial charge in [-0.25, -0.2) is 4.98 Å².